The number of benzene rings is 1. The van der Waals surface area contributed by atoms with Crippen molar-refractivity contribution >= 4 is 29.8 Å². The highest BCUT2D eigenvalue weighted by atomic mass is 32.2. The van der Waals surface area contributed by atoms with Crippen LogP contribution in [-0.2, 0) is 19.1 Å². The molecule has 0 saturated carbocycles. The van der Waals surface area contributed by atoms with E-state index in [0.717, 1.165) is 16.2 Å². The minimum absolute atomic E-state index is 0.0723. The van der Waals surface area contributed by atoms with Crippen LogP contribution in [0.25, 0.3) is 6.08 Å². The van der Waals surface area contributed by atoms with E-state index < -0.39 is 17.7 Å². The molecule has 1 saturated heterocycles. The maximum atomic E-state index is 12.0. The lowest BCUT2D eigenvalue weighted by Gasteiger charge is -2.29. The van der Waals surface area contributed by atoms with Gasteiger partial charge in [-0.05, 0) is 23.6 Å². The van der Waals surface area contributed by atoms with Gasteiger partial charge in [0.1, 0.15) is 5.57 Å². The standard InChI is InChI=1S/C17H20O4S/c1-11(2)10-22-14-8-6-5-7-12(14)9-13-15(18)20-17(3,4)21-16(13)19/h5-9,11H,10H2,1-4H3. The van der Waals surface area contributed by atoms with Crippen molar-refractivity contribution in [3.05, 3.63) is 35.4 Å². The Balaban J connectivity index is 2.29. The molecule has 1 aromatic rings. The van der Waals surface area contributed by atoms with Crippen molar-refractivity contribution in [3.8, 4) is 0 Å². The third kappa shape index (κ3) is 4.13. The van der Waals surface area contributed by atoms with Crippen molar-refractivity contribution in [2.24, 2.45) is 5.92 Å². The van der Waals surface area contributed by atoms with Gasteiger partial charge in [0, 0.05) is 24.5 Å². The molecule has 1 fully saturated rings. The zero-order valence-corrected chi connectivity index (χ0v) is 14.0. The number of hydrogen-bond acceptors (Lipinski definition) is 5. The first-order valence-corrected chi connectivity index (χ1v) is 8.17. The monoisotopic (exact) mass is 320 g/mol. The molecule has 0 radical (unpaired) electrons. The Morgan fingerprint density at radius 3 is 2.32 bits per heavy atom. The van der Waals surface area contributed by atoms with Gasteiger partial charge in [-0.3, -0.25) is 0 Å². The minimum Gasteiger partial charge on any atom is -0.419 e. The van der Waals surface area contributed by atoms with Crippen molar-refractivity contribution in [1.82, 2.24) is 0 Å². The number of esters is 2. The van der Waals surface area contributed by atoms with E-state index in [1.807, 2.05) is 24.3 Å². The molecule has 0 atom stereocenters. The predicted octanol–water partition coefficient (Wildman–Crippen LogP) is 3.65. The summed E-state index contributed by atoms with van der Waals surface area (Å²) in [6.07, 6.45) is 1.54. The molecule has 1 aliphatic rings. The predicted molar refractivity (Wildman–Crippen MR) is 86.2 cm³/mol. The van der Waals surface area contributed by atoms with E-state index in [1.54, 1.807) is 17.8 Å². The summed E-state index contributed by atoms with van der Waals surface area (Å²) in [6, 6.07) is 7.65. The molecular weight excluding hydrogens is 300 g/mol. The Hall–Kier alpha value is -1.75. The molecule has 0 spiro atoms. The van der Waals surface area contributed by atoms with Crippen molar-refractivity contribution in [2.75, 3.05) is 5.75 Å². The summed E-state index contributed by atoms with van der Waals surface area (Å²) in [6.45, 7) is 7.36. The summed E-state index contributed by atoms with van der Waals surface area (Å²) in [7, 11) is 0. The van der Waals surface area contributed by atoms with Crippen molar-refractivity contribution in [3.63, 3.8) is 0 Å². The molecule has 1 aliphatic heterocycles. The molecule has 0 aliphatic carbocycles. The molecule has 0 bridgehead atoms. The number of carbonyl (C=O) groups excluding carboxylic acids is 2. The Morgan fingerprint density at radius 1 is 1.14 bits per heavy atom. The average molecular weight is 320 g/mol. The van der Waals surface area contributed by atoms with Gasteiger partial charge in [0.25, 0.3) is 5.79 Å². The fourth-order valence-electron chi connectivity index (χ4n) is 1.92. The fourth-order valence-corrected chi connectivity index (χ4v) is 2.90. The molecule has 5 heteroatoms. The van der Waals surface area contributed by atoms with E-state index in [-0.39, 0.29) is 5.57 Å². The normalized spacial score (nSPS) is 17.2. The van der Waals surface area contributed by atoms with E-state index in [0.29, 0.717) is 5.92 Å². The van der Waals surface area contributed by atoms with E-state index >= 15 is 0 Å². The number of rotatable bonds is 4. The second-order valence-corrected chi connectivity index (χ2v) is 7.04. The maximum absolute atomic E-state index is 12.0. The summed E-state index contributed by atoms with van der Waals surface area (Å²) in [5.41, 5.74) is 0.744. The van der Waals surface area contributed by atoms with E-state index in [9.17, 15) is 9.59 Å². The summed E-state index contributed by atoms with van der Waals surface area (Å²) in [5.74, 6) is -0.995. The lowest BCUT2D eigenvalue weighted by atomic mass is 10.1. The van der Waals surface area contributed by atoms with Gasteiger partial charge in [0.05, 0.1) is 0 Å². The molecule has 1 aromatic carbocycles. The van der Waals surface area contributed by atoms with Crippen LogP contribution in [0.4, 0.5) is 0 Å². The second kappa shape index (κ2) is 6.57. The lowest BCUT2D eigenvalue weighted by molar-refractivity contribution is -0.222. The Labute approximate surface area is 134 Å². The van der Waals surface area contributed by atoms with Gasteiger partial charge < -0.3 is 9.47 Å². The smallest absolute Gasteiger partial charge is 0.348 e. The highest BCUT2D eigenvalue weighted by Crippen LogP contribution is 2.29. The second-order valence-electron chi connectivity index (χ2n) is 5.98. The third-order valence-electron chi connectivity index (χ3n) is 2.91. The summed E-state index contributed by atoms with van der Waals surface area (Å²) < 4.78 is 10.2. The zero-order chi connectivity index (χ0) is 16.3. The highest BCUT2D eigenvalue weighted by Gasteiger charge is 2.38. The summed E-state index contributed by atoms with van der Waals surface area (Å²) in [5, 5.41) is 0. The van der Waals surface area contributed by atoms with Crippen LogP contribution in [0.5, 0.6) is 0 Å². The molecule has 2 rings (SSSR count). The van der Waals surface area contributed by atoms with Gasteiger partial charge in [-0.15, -0.1) is 11.8 Å². The molecule has 22 heavy (non-hydrogen) atoms. The number of thioether (sulfide) groups is 1. The van der Waals surface area contributed by atoms with Crippen molar-refractivity contribution in [1.29, 1.82) is 0 Å². The van der Waals surface area contributed by atoms with Crippen LogP contribution >= 0.6 is 11.8 Å². The molecule has 0 unspecified atom stereocenters. The van der Waals surface area contributed by atoms with Crippen molar-refractivity contribution in [2.45, 2.75) is 38.4 Å². The number of cyclic esters (lactones) is 2. The average Bonchev–Trinajstić information content (AvgIpc) is 2.40. The SMILES string of the molecule is CC(C)CSc1ccccc1C=C1C(=O)OC(C)(C)OC1=O. The van der Waals surface area contributed by atoms with E-state index in [1.165, 1.54) is 13.8 Å². The molecule has 0 amide bonds. The van der Waals surface area contributed by atoms with Crippen LogP contribution in [0.1, 0.15) is 33.3 Å². The maximum Gasteiger partial charge on any atom is 0.348 e. The minimum atomic E-state index is -1.21. The van der Waals surface area contributed by atoms with Crippen LogP contribution < -0.4 is 0 Å². The van der Waals surface area contributed by atoms with Crippen LogP contribution in [0.2, 0.25) is 0 Å². The molecule has 1 heterocycles. The Morgan fingerprint density at radius 2 is 1.73 bits per heavy atom. The first kappa shape index (κ1) is 16.6. The number of hydrogen-bond donors (Lipinski definition) is 0. The molecule has 0 aromatic heterocycles. The van der Waals surface area contributed by atoms with Gasteiger partial charge in [0.15, 0.2) is 0 Å². The summed E-state index contributed by atoms with van der Waals surface area (Å²) >= 11 is 1.70. The number of carbonyl (C=O) groups is 2. The van der Waals surface area contributed by atoms with Gasteiger partial charge in [0.2, 0.25) is 0 Å². The lowest BCUT2D eigenvalue weighted by Crippen LogP contribution is -2.41. The molecular formula is C17H20O4S. The topological polar surface area (TPSA) is 52.6 Å². The summed E-state index contributed by atoms with van der Waals surface area (Å²) in [4.78, 5) is 25.0. The van der Waals surface area contributed by atoms with Gasteiger partial charge in [-0.2, -0.15) is 0 Å². The first-order valence-electron chi connectivity index (χ1n) is 7.19. The fraction of sp³-hybridized carbons (Fsp3) is 0.412. The van der Waals surface area contributed by atoms with Crippen molar-refractivity contribution < 1.29 is 19.1 Å². The zero-order valence-electron chi connectivity index (χ0n) is 13.2. The largest absolute Gasteiger partial charge is 0.419 e. The van der Waals surface area contributed by atoms with Gasteiger partial charge in [-0.1, -0.05) is 32.0 Å². The molecule has 4 nitrogen and oxygen atoms in total. The Bertz CT molecular complexity index is 595. The number of ether oxygens (including phenoxy) is 2. The highest BCUT2D eigenvalue weighted by molar-refractivity contribution is 7.99. The van der Waals surface area contributed by atoms with E-state index in [4.69, 9.17) is 9.47 Å². The quantitative estimate of drug-likeness (QED) is 0.367. The van der Waals surface area contributed by atoms with Gasteiger partial charge >= 0.3 is 11.9 Å². The molecule has 118 valence electrons. The van der Waals surface area contributed by atoms with E-state index in [2.05, 4.69) is 13.8 Å². The third-order valence-corrected chi connectivity index (χ3v) is 4.42. The first-order chi connectivity index (χ1) is 10.3. The molecule has 0 N–H and O–H groups in total. The van der Waals surface area contributed by atoms with Gasteiger partial charge in [-0.25, -0.2) is 9.59 Å². The Kier molecular flexibility index (Phi) is 4.96. The van der Waals surface area contributed by atoms with Crippen LogP contribution in [0.15, 0.2) is 34.7 Å². The van der Waals surface area contributed by atoms with Crippen LogP contribution in [-0.4, -0.2) is 23.5 Å². The van der Waals surface area contributed by atoms with Crippen LogP contribution in [0, 0.1) is 5.92 Å². The van der Waals surface area contributed by atoms with Crippen LogP contribution in [0.3, 0.4) is 0 Å².